The molecule has 1 aliphatic rings. The van der Waals surface area contributed by atoms with Crippen LogP contribution in [-0.4, -0.2) is 74.7 Å². The lowest BCUT2D eigenvalue weighted by molar-refractivity contribution is 0.0640. The normalized spacial score (nSPS) is 16.9. The molecule has 2 aromatic rings. The molecule has 0 aliphatic carbocycles. The molecule has 2 aromatic carbocycles. The Morgan fingerprint density at radius 1 is 0.559 bits per heavy atom. The van der Waals surface area contributed by atoms with Crippen LogP contribution in [-0.2, 0) is 9.47 Å². The summed E-state index contributed by atoms with van der Waals surface area (Å²) in [5.74, 6) is 2.16. The first kappa shape index (κ1) is 25.1. The summed E-state index contributed by atoms with van der Waals surface area (Å²) in [4.78, 5) is 0. The van der Waals surface area contributed by atoms with E-state index >= 15 is 0 Å². The standard InChI is InChI=1S/C24H30N2O8/c1-17(25-27)19-3-5-21-23(15-19)33-13-9-30-10-14-34-24-16-20(18(2)26-28)4-6-22(24)32-12-8-29-7-11-31-21/h3-6,15-16,27-28H,7-14H2,1-2H3/b25-17-,26-18+. The highest BCUT2D eigenvalue weighted by Crippen LogP contribution is 2.30. The molecular weight excluding hydrogens is 444 g/mol. The molecule has 0 atom stereocenters. The smallest absolute Gasteiger partial charge is 0.161 e. The number of hydrogen-bond acceptors (Lipinski definition) is 10. The van der Waals surface area contributed by atoms with Gasteiger partial charge in [-0.2, -0.15) is 0 Å². The minimum atomic E-state index is 0.293. The minimum absolute atomic E-state index is 0.293. The summed E-state index contributed by atoms with van der Waals surface area (Å²) in [5, 5.41) is 24.6. The Bertz CT molecular complexity index is 915. The number of rotatable bonds is 2. The van der Waals surface area contributed by atoms with E-state index in [1.807, 2.05) is 0 Å². The number of hydrogen-bond donors (Lipinski definition) is 2. The highest BCUT2D eigenvalue weighted by molar-refractivity contribution is 5.99. The van der Waals surface area contributed by atoms with Crippen LogP contribution in [0.25, 0.3) is 0 Å². The summed E-state index contributed by atoms with van der Waals surface area (Å²) in [6.07, 6.45) is 0. The van der Waals surface area contributed by atoms with Gasteiger partial charge >= 0.3 is 0 Å². The minimum Gasteiger partial charge on any atom is -0.487 e. The molecule has 0 unspecified atom stereocenters. The first-order valence-electron chi connectivity index (χ1n) is 10.9. The lowest BCUT2D eigenvalue weighted by Gasteiger charge is -2.16. The fourth-order valence-electron chi connectivity index (χ4n) is 3.09. The molecule has 1 heterocycles. The van der Waals surface area contributed by atoms with E-state index in [2.05, 4.69) is 10.3 Å². The van der Waals surface area contributed by atoms with Crippen molar-refractivity contribution < 1.29 is 38.8 Å². The SMILES string of the molecule is C/C(=N/O)c1ccc2c(c1)OCCOCCOc1cc(/C(C)=N/O)ccc1OCCOCCO2. The first-order chi connectivity index (χ1) is 16.6. The van der Waals surface area contributed by atoms with E-state index in [0.29, 0.717) is 98.4 Å². The van der Waals surface area contributed by atoms with Gasteiger partial charge in [0.1, 0.15) is 26.4 Å². The van der Waals surface area contributed by atoms with Crippen molar-refractivity contribution >= 4 is 11.4 Å². The highest BCUT2D eigenvalue weighted by atomic mass is 16.6. The zero-order chi connectivity index (χ0) is 24.2. The van der Waals surface area contributed by atoms with Crippen LogP contribution in [0.1, 0.15) is 25.0 Å². The van der Waals surface area contributed by atoms with Gasteiger partial charge in [0.05, 0.1) is 37.9 Å². The fourth-order valence-corrected chi connectivity index (χ4v) is 3.09. The Hall–Kier alpha value is -3.50. The Labute approximate surface area is 198 Å². The van der Waals surface area contributed by atoms with E-state index < -0.39 is 0 Å². The van der Waals surface area contributed by atoms with E-state index in [1.54, 1.807) is 50.2 Å². The average molecular weight is 475 g/mol. The van der Waals surface area contributed by atoms with Gasteiger partial charge in [0.25, 0.3) is 0 Å². The number of benzene rings is 2. The van der Waals surface area contributed by atoms with Gasteiger partial charge in [-0.25, -0.2) is 0 Å². The van der Waals surface area contributed by atoms with E-state index in [-0.39, 0.29) is 0 Å². The first-order valence-corrected chi connectivity index (χ1v) is 10.9. The van der Waals surface area contributed by atoms with Gasteiger partial charge in [-0.05, 0) is 50.2 Å². The lowest BCUT2D eigenvalue weighted by Crippen LogP contribution is -2.15. The lowest BCUT2D eigenvalue weighted by atomic mass is 10.1. The van der Waals surface area contributed by atoms with Crippen molar-refractivity contribution in [2.45, 2.75) is 13.8 Å². The van der Waals surface area contributed by atoms with Crippen LogP contribution in [0.2, 0.25) is 0 Å². The molecule has 2 N–H and O–H groups in total. The van der Waals surface area contributed by atoms with Crippen LogP contribution >= 0.6 is 0 Å². The third kappa shape index (κ3) is 7.26. The van der Waals surface area contributed by atoms with Gasteiger partial charge in [-0.15, -0.1) is 0 Å². The fraction of sp³-hybridized carbons (Fsp3) is 0.417. The second kappa shape index (κ2) is 13.3. The van der Waals surface area contributed by atoms with Crippen molar-refractivity contribution in [3.05, 3.63) is 47.5 Å². The summed E-state index contributed by atoms with van der Waals surface area (Å²) in [6.45, 7) is 6.02. The van der Waals surface area contributed by atoms with E-state index in [1.165, 1.54) is 0 Å². The molecule has 0 bridgehead atoms. The van der Waals surface area contributed by atoms with Crippen molar-refractivity contribution in [2.75, 3.05) is 52.9 Å². The van der Waals surface area contributed by atoms with Crippen molar-refractivity contribution in [3.8, 4) is 23.0 Å². The molecule has 1 aliphatic heterocycles. The van der Waals surface area contributed by atoms with Crippen LogP contribution in [0.4, 0.5) is 0 Å². The Morgan fingerprint density at radius 2 is 0.912 bits per heavy atom. The van der Waals surface area contributed by atoms with Gasteiger partial charge in [0.2, 0.25) is 0 Å². The number of ether oxygens (including phenoxy) is 6. The monoisotopic (exact) mass is 474 g/mol. The van der Waals surface area contributed by atoms with Crippen LogP contribution in [0, 0.1) is 0 Å². The maximum Gasteiger partial charge on any atom is 0.161 e. The molecule has 10 nitrogen and oxygen atoms in total. The van der Waals surface area contributed by atoms with Gasteiger partial charge in [-0.3, -0.25) is 0 Å². The van der Waals surface area contributed by atoms with Gasteiger partial charge in [0.15, 0.2) is 23.0 Å². The molecule has 0 saturated carbocycles. The zero-order valence-corrected chi connectivity index (χ0v) is 19.4. The van der Waals surface area contributed by atoms with Crippen LogP contribution in [0.5, 0.6) is 23.0 Å². The Morgan fingerprint density at radius 3 is 1.26 bits per heavy atom. The summed E-state index contributed by atoms with van der Waals surface area (Å²) in [5.41, 5.74) is 2.36. The molecule has 0 fully saturated rings. The molecule has 3 rings (SSSR count). The Balaban J connectivity index is 1.66. The average Bonchev–Trinajstić information content (AvgIpc) is 2.87. The van der Waals surface area contributed by atoms with Crippen LogP contribution < -0.4 is 18.9 Å². The second-order valence-corrected chi connectivity index (χ2v) is 7.31. The van der Waals surface area contributed by atoms with Crippen LogP contribution in [0.15, 0.2) is 46.7 Å². The molecule has 0 saturated heterocycles. The summed E-state index contributed by atoms with van der Waals surface area (Å²) >= 11 is 0. The van der Waals surface area contributed by atoms with Gasteiger partial charge in [0, 0.05) is 11.1 Å². The quantitative estimate of drug-likeness (QED) is 0.386. The number of fused-ring (bicyclic) bond motifs is 2. The number of nitrogens with zero attached hydrogens (tertiary/aromatic N) is 2. The maximum atomic E-state index is 9.05. The van der Waals surface area contributed by atoms with Gasteiger partial charge < -0.3 is 38.8 Å². The topological polar surface area (TPSA) is 121 Å². The molecule has 0 spiro atoms. The molecular formula is C24H30N2O8. The number of oxime groups is 2. The summed E-state index contributed by atoms with van der Waals surface area (Å²) in [7, 11) is 0. The third-order valence-electron chi connectivity index (χ3n) is 4.96. The highest BCUT2D eigenvalue weighted by Gasteiger charge is 2.11. The molecule has 0 radical (unpaired) electrons. The summed E-state index contributed by atoms with van der Waals surface area (Å²) < 4.78 is 34.6. The Kier molecular flexibility index (Phi) is 9.80. The molecule has 0 amide bonds. The van der Waals surface area contributed by atoms with Crippen molar-refractivity contribution in [3.63, 3.8) is 0 Å². The second-order valence-electron chi connectivity index (χ2n) is 7.31. The van der Waals surface area contributed by atoms with Crippen LogP contribution in [0.3, 0.4) is 0 Å². The van der Waals surface area contributed by atoms with Gasteiger partial charge in [-0.1, -0.05) is 10.3 Å². The molecule has 0 aromatic heterocycles. The largest absolute Gasteiger partial charge is 0.487 e. The van der Waals surface area contributed by atoms with E-state index in [0.717, 1.165) is 0 Å². The third-order valence-corrected chi connectivity index (χ3v) is 4.96. The maximum absolute atomic E-state index is 9.05. The predicted octanol–water partition coefficient (Wildman–Crippen LogP) is 3.35. The predicted molar refractivity (Wildman–Crippen MR) is 124 cm³/mol. The van der Waals surface area contributed by atoms with Crippen molar-refractivity contribution in [1.29, 1.82) is 0 Å². The molecule has 10 heteroatoms. The van der Waals surface area contributed by atoms with Crippen molar-refractivity contribution in [1.82, 2.24) is 0 Å². The van der Waals surface area contributed by atoms with Crippen molar-refractivity contribution in [2.24, 2.45) is 10.3 Å². The van der Waals surface area contributed by atoms with E-state index in [4.69, 9.17) is 38.8 Å². The molecule has 34 heavy (non-hydrogen) atoms. The zero-order valence-electron chi connectivity index (χ0n) is 19.4. The summed E-state index contributed by atoms with van der Waals surface area (Å²) in [6, 6.07) is 10.6. The molecule has 184 valence electrons. The van der Waals surface area contributed by atoms with E-state index in [9.17, 15) is 0 Å².